The van der Waals surface area contributed by atoms with Crippen LogP contribution >= 0.6 is 0 Å². The Morgan fingerprint density at radius 3 is 2.55 bits per heavy atom. The predicted octanol–water partition coefficient (Wildman–Crippen LogP) is 1.81. The molecule has 2 aromatic rings. The van der Waals surface area contributed by atoms with Crippen LogP contribution in [0.2, 0.25) is 0 Å². The van der Waals surface area contributed by atoms with Crippen LogP contribution in [0.3, 0.4) is 0 Å². The molecule has 0 radical (unpaired) electrons. The summed E-state index contributed by atoms with van der Waals surface area (Å²) < 4.78 is 26.1. The van der Waals surface area contributed by atoms with Crippen molar-refractivity contribution in [1.29, 1.82) is 0 Å². The number of para-hydroxylation sites is 1. The summed E-state index contributed by atoms with van der Waals surface area (Å²) in [6.07, 6.45) is 1.29. The van der Waals surface area contributed by atoms with Crippen molar-refractivity contribution in [2.75, 3.05) is 7.05 Å². The number of rotatable bonds is 4. The molecule has 0 saturated carbocycles. The van der Waals surface area contributed by atoms with E-state index in [4.69, 9.17) is 0 Å². The second kappa shape index (κ2) is 5.26. The second-order valence-electron chi connectivity index (χ2n) is 4.59. The first kappa shape index (κ1) is 14.5. The van der Waals surface area contributed by atoms with Crippen LogP contribution in [0.1, 0.15) is 24.4 Å². The third kappa shape index (κ3) is 2.54. The number of imidazole rings is 1. The molecule has 1 unspecified atom stereocenters. The lowest BCUT2D eigenvalue weighted by Crippen LogP contribution is -2.30. The van der Waals surface area contributed by atoms with E-state index in [1.54, 1.807) is 32.0 Å². The van der Waals surface area contributed by atoms with Gasteiger partial charge in [0.05, 0.1) is 12.2 Å². The van der Waals surface area contributed by atoms with Crippen LogP contribution in [0, 0.1) is 6.92 Å². The summed E-state index contributed by atoms with van der Waals surface area (Å²) in [6.45, 7) is 3.40. The Balaban J connectivity index is 2.36. The van der Waals surface area contributed by atoms with Crippen molar-refractivity contribution in [3.05, 3.63) is 41.9 Å². The van der Waals surface area contributed by atoms with Crippen molar-refractivity contribution in [3.63, 3.8) is 0 Å². The Hall–Kier alpha value is -1.86. The quantitative estimate of drug-likeness (QED) is 0.900. The molecule has 1 aromatic heterocycles. The van der Waals surface area contributed by atoms with E-state index in [9.17, 15) is 13.5 Å². The molecule has 0 aliphatic heterocycles. The van der Waals surface area contributed by atoms with Gasteiger partial charge in [-0.05, 0) is 19.9 Å². The van der Waals surface area contributed by atoms with E-state index in [-0.39, 0.29) is 10.8 Å². The van der Waals surface area contributed by atoms with Crippen LogP contribution in [0.25, 0.3) is 0 Å². The minimum atomic E-state index is -3.68. The smallest absolute Gasteiger partial charge is 0.260 e. The van der Waals surface area contributed by atoms with Crippen LogP contribution < -0.4 is 0 Å². The number of aromatic amines is 1. The van der Waals surface area contributed by atoms with Crippen LogP contribution in [0.5, 0.6) is 5.75 Å². The van der Waals surface area contributed by atoms with Gasteiger partial charge in [0.25, 0.3) is 10.0 Å². The van der Waals surface area contributed by atoms with E-state index in [0.29, 0.717) is 11.4 Å². The summed E-state index contributed by atoms with van der Waals surface area (Å²) >= 11 is 0. The summed E-state index contributed by atoms with van der Waals surface area (Å²) in [7, 11) is -2.20. The maximum absolute atomic E-state index is 12.4. The first-order valence-electron chi connectivity index (χ1n) is 6.11. The first-order chi connectivity index (χ1) is 9.34. The van der Waals surface area contributed by atoms with Gasteiger partial charge < -0.3 is 10.1 Å². The zero-order chi connectivity index (χ0) is 14.9. The SMILES string of the molecule is Cc1ncc(S(=O)(=O)N(C)C(C)c2ccccc2O)[nH]1. The van der Waals surface area contributed by atoms with Crippen molar-refractivity contribution < 1.29 is 13.5 Å². The Morgan fingerprint density at radius 1 is 1.35 bits per heavy atom. The largest absolute Gasteiger partial charge is 0.508 e. The highest BCUT2D eigenvalue weighted by molar-refractivity contribution is 7.89. The number of nitrogens with one attached hydrogen (secondary N) is 1. The van der Waals surface area contributed by atoms with E-state index in [0.717, 1.165) is 0 Å². The maximum Gasteiger partial charge on any atom is 0.260 e. The van der Waals surface area contributed by atoms with E-state index in [2.05, 4.69) is 9.97 Å². The number of hydrogen-bond donors (Lipinski definition) is 2. The van der Waals surface area contributed by atoms with Crippen LogP contribution in [-0.2, 0) is 10.0 Å². The van der Waals surface area contributed by atoms with E-state index < -0.39 is 16.1 Å². The summed E-state index contributed by atoms with van der Waals surface area (Å²) in [5.41, 5.74) is 0.551. The van der Waals surface area contributed by atoms with Gasteiger partial charge in [-0.15, -0.1) is 0 Å². The third-order valence-electron chi connectivity index (χ3n) is 3.27. The highest BCUT2D eigenvalue weighted by Gasteiger charge is 2.28. The highest BCUT2D eigenvalue weighted by atomic mass is 32.2. The van der Waals surface area contributed by atoms with E-state index in [1.807, 2.05) is 0 Å². The fourth-order valence-electron chi connectivity index (χ4n) is 1.93. The molecule has 1 atom stereocenters. The molecule has 1 heterocycles. The summed E-state index contributed by atoms with van der Waals surface area (Å²) in [6, 6.07) is 6.19. The number of phenols is 1. The van der Waals surface area contributed by atoms with Gasteiger partial charge in [-0.1, -0.05) is 18.2 Å². The van der Waals surface area contributed by atoms with Crippen molar-refractivity contribution in [3.8, 4) is 5.75 Å². The molecule has 7 heteroatoms. The Morgan fingerprint density at radius 2 is 2.00 bits per heavy atom. The van der Waals surface area contributed by atoms with Crippen LogP contribution in [0.4, 0.5) is 0 Å². The normalized spacial score (nSPS) is 13.6. The Bertz CT molecular complexity index is 709. The number of aryl methyl sites for hydroxylation is 1. The summed E-state index contributed by atoms with van der Waals surface area (Å²) in [5, 5.41) is 9.87. The van der Waals surface area contributed by atoms with Gasteiger partial charge in [-0.3, -0.25) is 0 Å². The summed E-state index contributed by atoms with van der Waals surface area (Å²) in [4.78, 5) is 6.62. The third-order valence-corrected chi connectivity index (χ3v) is 5.11. The standard InChI is InChI=1S/C13H17N3O3S/c1-9(11-6-4-5-7-12(11)17)16(3)20(18,19)13-8-14-10(2)15-13/h4-9,17H,1-3H3,(H,14,15). The molecular formula is C13H17N3O3S. The number of sulfonamides is 1. The zero-order valence-corrected chi connectivity index (χ0v) is 12.3. The highest BCUT2D eigenvalue weighted by Crippen LogP contribution is 2.30. The zero-order valence-electron chi connectivity index (χ0n) is 11.5. The minimum absolute atomic E-state index is 0.0415. The molecule has 0 bridgehead atoms. The number of H-pyrrole nitrogens is 1. The first-order valence-corrected chi connectivity index (χ1v) is 7.55. The van der Waals surface area contributed by atoms with Gasteiger partial charge in [-0.25, -0.2) is 13.4 Å². The number of hydrogen-bond acceptors (Lipinski definition) is 4. The predicted molar refractivity (Wildman–Crippen MR) is 74.8 cm³/mol. The fraction of sp³-hybridized carbons (Fsp3) is 0.308. The molecule has 6 nitrogen and oxygen atoms in total. The van der Waals surface area contributed by atoms with Crippen molar-refractivity contribution in [2.24, 2.45) is 0 Å². The molecule has 1 aromatic carbocycles. The molecule has 0 aliphatic rings. The lowest BCUT2D eigenvalue weighted by atomic mass is 10.1. The van der Waals surface area contributed by atoms with Crippen molar-refractivity contribution >= 4 is 10.0 Å². The van der Waals surface area contributed by atoms with Crippen molar-refractivity contribution in [2.45, 2.75) is 24.9 Å². The Labute approximate surface area is 118 Å². The topological polar surface area (TPSA) is 86.3 Å². The molecule has 0 spiro atoms. The molecule has 0 fully saturated rings. The molecule has 20 heavy (non-hydrogen) atoms. The van der Waals surface area contributed by atoms with E-state index >= 15 is 0 Å². The minimum Gasteiger partial charge on any atom is -0.508 e. The van der Waals surface area contributed by atoms with Crippen molar-refractivity contribution in [1.82, 2.24) is 14.3 Å². The van der Waals surface area contributed by atoms with Gasteiger partial charge in [0.1, 0.15) is 11.6 Å². The molecule has 0 aliphatic carbocycles. The average Bonchev–Trinajstić information content (AvgIpc) is 2.85. The molecule has 108 valence electrons. The Kier molecular flexibility index (Phi) is 3.82. The van der Waals surface area contributed by atoms with E-state index in [1.165, 1.54) is 23.6 Å². The summed E-state index contributed by atoms with van der Waals surface area (Å²) in [5.74, 6) is 0.607. The molecular weight excluding hydrogens is 278 g/mol. The lowest BCUT2D eigenvalue weighted by molar-refractivity contribution is 0.380. The number of aromatic hydroxyl groups is 1. The molecule has 2 N–H and O–H groups in total. The molecule has 0 amide bonds. The molecule has 0 saturated heterocycles. The number of aromatic nitrogens is 2. The van der Waals surface area contributed by atoms with Gasteiger partial charge in [0, 0.05) is 12.6 Å². The fourth-order valence-corrected chi connectivity index (χ4v) is 3.23. The second-order valence-corrected chi connectivity index (χ2v) is 6.55. The average molecular weight is 295 g/mol. The number of benzene rings is 1. The van der Waals surface area contributed by atoms with Gasteiger partial charge >= 0.3 is 0 Å². The van der Waals surface area contributed by atoms with Gasteiger partial charge in [0.15, 0.2) is 5.03 Å². The molecule has 2 rings (SSSR count). The van der Waals surface area contributed by atoms with Gasteiger partial charge in [-0.2, -0.15) is 4.31 Å². The maximum atomic E-state index is 12.4. The lowest BCUT2D eigenvalue weighted by Gasteiger charge is -2.24. The number of phenolic OH excluding ortho intramolecular Hbond substituents is 1. The number of nitrogens with zero attached hydrogens (tertiary/aromatic N) is 2. The van der Waals surface area contributed by atoms with Crippen LogP contribution in [-0.4, -0.2) is 34.8 Å². The van der Waals surface area contributed by atoms with Gasteiger partial charge in [0.2, 0.25) is 0 Å². The monoisotopic (exact) mass is 295 g/mol. The van der Waals surface area contributed by atoms with Crippen LogP contribution in [0.15, 0.2) is 35.5 Å².